The molecule has 0 bridgehead atoms. The van der Waals surface area contributed by atoms with Gasteiger partial charge < -0.3 is 4.57 Å². The number of aromatic nitrogens is 3. The van der Waals surface area contributed by atoms with Crippen molar-refractivity contribution in [3.63, 3.8) is 0 Å². The Morgan fingerprint density at radius 1 is 1.39 bits per heavy atom. The van der Waals surface area contributed by atoms with Gasteiger partial charge >= 0.3 is 6.18 Å². The SMILES string of the molecule is Cn1cnc(C(=O)c2cnccc2C(F)(F)F)c1. The van der Waals surface area contributed by atoms with Gasteiger partial charge in [-0.25, -0.2) is 4.98 Å². The van der Waals surface area contributed by atoms with Gasteiger partial charge in [-0.2, -0.15) is 13.2 Å². The number of alkyl halides is 3. The molecule has 0 radical (unpaired) electrons. The standard InChI is InChI=1S/C11H8F3N3O/c1-17-5-9(16-6-17)10(18)7-4-15-3-2-8(7)11(12,13)14/h2-6H,1H3. The van der Waals surface area contributed by atoms with E-state index >= 15 is 0 Å². The number of hydrogen-bond donors (Lipinski definition) is 0. The summed E-state index contributed by atoms with van der Waals surface area (Å²) >= 11 is 0. The first-order chi connectivity index (χ1) is 8.39. The monoisotopic (exact) mass is 255 g/mol. The van der Waals surface area contributed by atoms with E-state index in [1.54, 1.807) is 7.05 Å². The van der Waals surface area contributed by atoms with Crippen molar-refractivity contribution >= 4 is 5.78 Å². The second kappa shape index (κ2) is 4.25. The van der Waals surface area contributed by atoms with Gasteiger partial charge in [-0.05, 0) is 6.07 Å². The number of rotatable bonds is 2. The molecule has 0 saturated heterocycles. The minimum Gasteiger partial charge on any atom is -0.340 e. The number of hydrogen-bond acceptors (Lipinski definition) is 3. The third-order valence-electron chi connectivity index (χ3n) is 2.31. The molecule has 4 nitrogen and oxygen atoms in total. The number of aryl methyl sites for hydroxylation is 1. The summed E-state index contributed by atoms with van der Waals surface area (Å²) in [5.41, 5.74) is -1.55. The topological polar surface area (TPSA) is 47.8 Å². The average Bonchev–Trinajstić information content (AvgIpc) is 2.74. The number of nitrogens with zero attached hydrogens (tertiary/aromatic N) is 3. The van der Waals surface area contributed by atoms with Crippen LogP contribution in [0.2, 0.25) is 0 Å². The number of halogens is 3. The largest absolute Gasteiger partial charge is 0.417 e. The number of carbonyl (C=O) groups is 1. The van der Waals surface area contributed by atoms with Crippen molar-refractivity contribution in [3.8, 4) is 0 Å². The summed E-state index contributed by atoms with van der Waals surface area (Å²) in [6, 6.07) is 0.774. The first kappa shape index (κ1) is 12.3. The van der Waals surface area contributed by atoms with Crippen LogP contribution in [0.15, 0.2) is 31.0 Å². The van der Waals surface area contributed by atoms with Gasteiger partial charge in [0.2, 0.25) is 5.78 Å². The molecular weight excluding hydrogens is 247 g/mol. The fourth-order valence-corrected chi connectivity index (χ4v) is 1.49. The molecule has 0 aliphatic heterocycles. The Balaban J connectivity index is 2.49. The lowest BCUT2D eigenvalue weighted by molar-refractivity contribution is -0.137. The second-order valence-corrected chi connectivity index (χ2v) is 3.67. The van der Waals surface area contributed by atoms with E-state index in [0.717, 1.165) is 18.5 Å². The number of pyridine rings is 1. The summed E-state index contributed by atoms with van der Waals surface area (Å²) in [4.78, 5) is 19.2. The molecule has 0 amide bonds. The van der Waals surface area contributed by atoms with Gasteiger partial charge in [-0.1, -0.05) is 0 Å². The lowest BCUT2D eigenvalue weighted by Crippen LogP contribution is -2.14. The number of imidazole rings is 1. The van der Waals surface area contributed by atoms with Crippen LogP contribution in [0.4, 0.5) is 13.2 Å². The summed E-state index contributed by atoms with van der Waals surface area (Å²) in [6.07, 6.45) is 0.00687. The van der Waals surface area contributed by atoms with E-state index in [9.17, 15) is 18.0 Å². The highest BCUT2D eigenvalue weighted by Gasteiger charge is 2.35. The fraction of sp³-hybridized carbons (Fsp3) is 0.182. The molecule has 2 aromatic rings. The molecule has 0 aliphatic rings. The Morgan fingerprint density at radius 2 is 2.11 bits per heavy atom. The van der Waals surface area contributed by atoms with Gasteiger partial charge in [-0.3, -0.25) is 9.78 Å². The predicted molar refractivity (Wildman–Crippen MR) is 55.9 cm³/mol. The molecule has 2 aromatic heterocycles. The summed E-state index contributed by atoms with van der Waals surface area (Å²) in [5, 5.41) is 0. The Morgan fingerprint density at radius 3 is 2.67 bits per heavy atom. The Hall–Kier alpha value is -2.18. The molecule has 0 fully saturated rings. The molecule has 0 unspecified atom stereocenters. The Kier molecular flexibility index (Phi) is 2.90. The zero-order chi connectivity index (χ0) is 13.3. The molecule has 18 heavy (non-hydrogen) atoms. The van der Waals surface area contributed by atoms with Gasteiger partial charge in [0, 0.05) is 25.6 Å². The molecular formula is C11H8F3N3O. The third-order valence-corrected chi connectivity index (χ3v) is 2.31. The van der Waals surface area contributed by atoms with Gasteiger partial charge in [0.1, 0.15) is 5.69 Å². The highest BCUT2D eigenvalue weighted by molar-refractivity contribution is 6.08. The smallest absolute Gasteiger partial charge is 0.340 e. The van der Waals surface area contributed by atoms with Crippen molar-refractivity contribution in [2.45, 2.75) is 6.18 Å². The highest BCUT2D eigenvalue weighted by Crippen LogP contribution is 2.32. The normalized spacial score (nSPS) is 11.6. The summed E-state index contributed by atoms with van der Waals surface area (Å²) in [6.45, 7) is 0. The van der Waals surface area contributed by atoms with Gasteiger partial charge in [0.25, 0.3) is 0 Å². The number of ketones is 1. The molecule has 7 heteroatoms. The Labute approximate surface area is 100 Å². The van der Waals surface area contributed by atoms with E-state index in [-0.39, 0.29) is 5.69 Å². The summed E-state index contributed by atoms with van der Waals surface area (Å²) < 4.78 is 39.7. The van der Waals surface area contributed by atoms with Crippen LogP contribution in [-0.4, -0.2) is 20.3 Å². The summed E-state index contributed by atoms with van der Waals surface area (Å²) in [5.74, 6) is -0.795. The molecule has 0 atom stereocenters. The van der Waals surface area contributed by atoms with Crippen molar-refractivity contribution in [1.82, 2.24) is 14.5 Å². The van der Waals surface area contributed by atoms with E-state index in [1.807, 2.05) is 0 Å². The van der Waals surface area contributed by atoms with E-state index in [4.69, 9.17) is 0 Å². The zero-order valence-corrected chi connectivity index (χ0v) is 9.27. The van der Waals surface area contributed by atoms with Crippen LogP contribution in [0.1, 0.15) is 21.6 Å². The molecule has 94 valence electrons. The molecule has 0 aliphatic carbocycles. The predicted octanol–water partition coefficient (Wildman–Crippen LogP) is 2.06. The lowest BCUT2D eigenvalue weighted by atomic mass is 10.0. The third kappa shape index (κ3) is 2.24. The minimum atomic E-state index is -4.59. The Bertz CT molecular complexity index is 589. The minimum absolute atomic E-state index is 0.0454. The summed E-state index contributed by atoms with van der Waals surface area (Å²) in [7, 11) is 1.62. The van der Waals surface area contributed by atoms with Crippen molar-refractivity contribution in [3.05, 3.63) is 47.8 Å². The van der Waals surface area contributed by atoms with Crippen molar-refractivity contribution in [2.75, 3.05) is 0 Å². The molecule has 0 N–H and O–H groups in total. The second-order valence-electron chi connectivity index (χ2n) is 3.67. The molecule has 2 rings (SSSR count). The van der Waals surface area contributed by atoms with Crippen LogP contribution < -0.4 is 0 Å². The fourth-order valence-electron chi connectivity index (χ4n) is 1.49. The average molecular weight is 255 g/mol. The maximum Gasteiger partial charge on any atom is 0.417 e. The zero-order valence-electron chi connectivity index (χ0n) is 9.27. The van der Waals surface area contributed by atoms with Crippen molar-refractivity contribution in [2.24, 2.45) is 7.05 Å². The molecule has 2 heterocycles. The lowest BCUT2D eigenvalue weighted by Gasteiger charge is -2.10. The highest BCUT2D eigenvalue weighted by atomic mass is 19.4. The molecule has 0 saturated carbocycles. The first-order valence-electron chi connectivity index (χ1n) is 4.93. The molecule has 0 spiro atoms. The van der Waals surface area contributed by atoms with Gasteiger partial charge in [-0.15, -0.1) is 0 Å². The maximum atomic E-state index is 12.7. The van der Waals surface area contributed by atoms with Crippen LogP contribution in [-0.2, 0) is 13.2 Å². The van der Waals surface area contributed by atoms with Gasteiger partial charge in [0.05, 0.1) is 17.5 Å². The van der Waals surface area contributed by atoms with E-state index in [2.05, 4.69) is 9.97 Å². The van der Waals surface area contributed by atoms with Crippen molar-refractivity contribution < 1.29 is 18.0 Å². The molecule has 0 aromatic carbocycles. The van der Waals surface area contributed by atoms with E-state index < -0.39 is 23.1 Å². The van der Waals surface area contributed by atoms with Crippen LogP contribution >= 0.6 is 0 Å². The van der Waals surface area contributed by atoms with Crippen LogP contribution in [0, 0.1) is 0 Å². The number of carbonyl (C=O) groups excluding carboxylic acids is 1. The van der Waals surface area contributed by atoms with Crippen LogP contribution in [0.5, 0.6) is 0 Å². The van der Waals surface area contributed by atoms with E-state index in [1.165, 1.54) is 17.1 Å². The van der Waals surface area contributed by atoms with E-state index in [0.29, 0.717) is 0 Å². The van der Waals surface area contributed by atoms with Crippen LogP contribution in [0.3, 0.4) is 0 Å². The quantitative estimate of drug-likeness (QED) is 0.772. The van der Waals surface area contributed by atoms with Crippen LogP contribution in [0.25, 0.3) is 0 Å². The maximum absolute atomic E-state index is 12.7. The van der Waals surface area contributed by atoms with Gasteiger partial charge in [0.15, 0.2) is 0 Å². The first-order valence-corrected chi connectivity index (χ1v) is 4.93. The van der Waals surface area contributed by atoms with Crippen molar-refractivity contribution in [1.29, 1.82) is 0 Å².